The molecule has 0 bridgehead atoms. The van der Waals surface area contributed by atoms with Crippen molar-refractivity contribution in [3.8, 4) is 0 Å². The molecule has 0 radical (unpaired) electrons. The Kier molecular flexibility index (Phi) is 12.9. The highest BCUT2D eigenvalue weighted by molar-refractivity contribution is 7.94. The topological polar surface area (TPSA) is 219 Å². The van der Waals surface area contributed by atoms with Crippen LogP contribution in [0.3, 0.4) is 0 Å². The second-order valence-electron chi connectivity index (χ2n) is 14.4. The van der Waals surface area contributed by atoms with Crippen LogP contribution in [0.1, 0.15) is 64.5 Å². The molecule has 0 unspecified atom stereocenters. The summed E-state index contributed by atoms with van der Waals surface area (Å²) in [5.74, 6) is -0.947. The molecular formula is C37H41N2O12S4-3. The summed E-state index contributed by atoms with van der Waals surface area (Å²) >= 11 is 0.774. The predicted molar refractivity (Wildman–Crippen MR) is 204 cm³/mol. The van der Waals surface area contributed by atoms with Gasteiger partial charge in [-0.25, -0.2) is 25.3 Å². The maximum atomic E-state index is 11.8. The fourth-order valence-electron chi connectivity index (χ4n) is 7.42. The molecule has 0 saturated heterocycles. The Hall–Kier alpha value is -3.43. The first-order chi connectivity index (χ1) is 25.6. The Balaban J connectivity index is 1.48. The molecule has 0 atom stereocenters. The van der Waals surface area contributed by atoms with Crippen molar-refractivity contribution >= 4 is 70.3 Å². The van der Waals surface area contributed by atoms with Gasteiger partial charge >= 0.3 is 0 Å². The van der Waals surface area contributed by atoms with Crippen LogP contribution in [0.15, 0.2) is 94.4 Å². The summed E-state index contributed by atoms with van der Waals surface area (Å²) < 4.78 is 109. The van der Waals surface area contributed by atoms with Crippen LogP contribution < -0.4 is 10.2 Å². The predicted octanol–water partition coefficient (Wildman–Crippen LogP) is 4.80. The van der Waals surface area contributed by atoms with Crippen LogP contribution in [0.5, 0.6) is 0 Å². The number of unbranched alkanes of at least 4 members (excludes halogenated alkanes) is 2. The van der Waals surface area contributed by atoms with E-state index in [2.05, 4.69) is 18.8 Å². The molecule has 0 N–H and O–H groups in total. The summed E-state index contributed by atoms with van der Waals surface area (Å²) in [7, 11) is -13.4. The molecule has 3 aromatic carbocycles. The molecule has 0 aromatic heterocycles. The average molecular weight is 834 g/mol. The Morgan fingerprint density at radius 1 is 0.800 bits per heavy atom. The highest BCUT2D eigenvalue weighted by atomic mass is 32.2. The zero-order valence-electron chi connectivity index (χ0n) is 30.6. The number of fused-ring (bicyclic) bond motifs is 4. The van der Waals surface area contributed by atoms with Crippen molar-refractivity contribution in [3.63, 3.8) is 0 Å². The van der Waals surface area contributed by atoms with E-state index in [-0.39, 0.29) is 17.7 Å². The van der Waals surface area contributed by atoms with E-state index >= 15 is 0 Å². The molecule has 0 aliphatic carbocycles. The molecule has 55 heavy (non-hydrogen) atoms. The van der Waals surface area contributed by atoms with Gasteiger partial charge in [-0.1, -0.05) is 38.1 Å². The number of allylic oxidation sites excluding steroid dienone is 6. The minimum absolute atomic E-state index is 0.169. The molecule has 5 rings (SSSR count). The molecule has 18 heteroatoms. The summed E-state index contributed by atoms with van der Waals surface area (Å²) in [6, 6.07) is 13.4. The molecule has 14 nitrogen and oxygen atoms in total. The van der Waals surface area contributed by atoms with Crippen molar-refractivity contribution in [2.24, 2.45) is 0 Å². The zero-order chi connectivity index (χ0) is 40.4. The molecule has 298 valence electrons. The monoisotopic (exact) mass is 833 g/mol. The van der Waals surface area contributed by atoms with E-state index < -0.39 is 52.7 Å². The summed E-state index contributed by atoms with van der Waals surface area (Å²) in [4.78, 5) is 2.38. The van der Waals surface area contributed by atoms with E-state index in [1.165, 1.54) is 12.1 Å². The van der Waals surface area contributed by atoms with Gasteiger partial charge < -0.3 is 23.8 Å². The van der Waals surface area contributed by atoms with Gasteiger partial charge in [0.1, 0.15) is 16.7 Å². The van der Waals surface area contributed by atoms with Gasteiger partial charge in [0.25, 0.3) is 0 Å². The third-order valence-corrected chi connectivity index (χ3v) is 12.9. The molecule has 0 amide bonds. The quantitative estimate of drug-likeness (QED) is 0.0340. The maximum Gasteiger partial charge on any atom is 0.210 e. The molecule has 2 aliphatic rings. The zero-order valence-corrected chi connectivity index (χ0v) is 33.9. The number of hydrogen-bond acceptors (Lipinski definition) is 14. The Labute approximate surface area is 326 Å². The summed E-state index contributed by atoms with van der Waals surface area (Å²) in [5.41, 5.74) is 4.17. The van der Waals surface area contributed by atoms with E-state index in [0.29, 0.717) is 36.2 Å². The van der Waals surface area contributed by atoms with Gasteiger partial charge in [-0.3, -0.25) is 5.04 Å². The van der Waals surface area contributed by atoms with E-state index in [9.17, 15) is 44.2 Å². The van der Waals surface area contributed by atoms with Crippen LogP contribution in [0.25, 0.3) is 10.8 Å². The normalized spacial score (nSPS) is 17.7. The van der Waals surface area contributed by atoms with Crippen molar-refractivity contribution < 1.29 is 58.1 Å². The van der Waals surface area contributed by atoms with E-state index in [0.717, 1.165) is 51.3 Å². The number of benzene rings is 3. The molecule has 3 aromatic rings. The molecule has 2 aliphatic heterocycles. The Bertz CT molecular complexity index is 2420. The lowest BCUT2D eigenvalue weighted by molar-refractivity contribution is -0.777. The second-order valence-corrected chi connectivity index (χ2v) is 19.6. The summed E-state index contributed by atoms with van der Waals surface area (Å²) in [6.07, 6.45) is 10.7. The number of nitrogens with zero attached hydrogens (tertiary/aromatic N) is 2. The van der Waals surface area contributed by atoms with Gasteiger partial charge in [-0.2, -0.15) is 8.91 Å². The highest BCUT2D eigenvalue weighted by Crippen LogP contribution is 2.49. The molecule has 0 fully saturated rings. The fourth-order valence-corrected chi connectivity index (χ4v) is 9.44. The van der Waals surface area contributed by atoms with Crippen LogP contribution in [0, 0.1) is 0 Å². The molecular weight excluding hydrogens is 793 g/mol. The lowest BCUT2D eigenvalue weighted by atomic mass is 9.79. The van der Waals surface area contributed by atoms with Crippen LogP contribution in [-0.4, -0.2) is 73.8 Å². The third-order valence-electron chi connectivity index (χ3n) is 9.91. The first-order valence-electron chi connectivity index (χ1n) is 17.3. The molecule has 0 saturated carbocycles. The lowest BCUT2D eigenvalue weighted by Gasteiger charge is -2.27. The number of rotatable bonds is 17. The second kappa shape index (κ2) is 16.6. The van der Waals surface area contributed by atoms with Gasteiger partial charge in [-0.15, -0.1) is 0 Å². The lowest BCUT2D eigenvalue weighted by Crippen LogP contribution is -2.28. The largest absolute Gasteiger partial charge is 0.748 e. The van der Waals surface area contributed by atoms with Gasteiger partial charge in [0.05, 0.1) is 42.6 Å². The van der Waals surface area contributed by atoms with E-state index in [1.54, 1.807) is 18.2 Å². The van der Waals surface area contributed by atoms with E-state index in [4.69, 9.17) is 0 Å². The molecule has 0 spiro atoms. The van der Waals surface area contributed by atoms with Gasteiger partial charge in [0.2, 0.25) is 5.69 Å². The SMILES string of the molecule is CC1(C)C(=CC=CC=CC2=[N+](CCCCS(=O)(=O)[O-])c3ccc4cc(S(=O)(=O)[O-])ccc4c3C2(C)C)N(CCCCS(=O)(=O)[O-])c2ccc(SOO[O-])cc21. The van der Waals surface area contributed by atoms with E-state index in [1.807, 2.05) is 76.3 Å². The van der Waals surface area contributed by atoms with Crippen LogP contribution >= 0.6 is 12.0 Å². The number of anilines is 1. The van der Waals surface area contributed by atoms with Crippen molar-refractivity contribution in [1.82, 2.24) is 0 Å². The van der Waals surface area contributed by atoms with Crippen LogP contribution in [0.2, 0.25) is 0 Å². The van der Waals surface area contributed by atoms with Crippen molar-refractivity contribution in [2.45, 2.75) is 74.0 Å². The van der Waals surface area contributed by atoms with Gasteiger partial charge in [0.15, 0.2) is 5.71 Å². The van der Waals surface area contributed by atoms with Crippen molar-refractivity contribution in [2.75, 3.05) is 29.5 Å². The Morgan fingerprint density at radius 2 is 1.49 bits per heavy atom. The Morgan fingerprint density at radius 3 is 2.15 bits per heavy atom. The third kappa shape index (κ3) is 9.94. The summed E-state index contributed by atoms with van der Waals surface area (Å²) in [6.45, 7) is 8.95. The maximum absolute atomic E-state index is 11.8. The van der Waals surface area contributed by atoms with Crippen LogP contribution in [0.4, 0.5) is 11.4 Å². The van der Waals surface area contributed by atoms with Crippen LogP contribution in [-0.2, 0) is 50.6 Å². The summed E-state index contributed by atoms with van der Waals surface area (Å²) in [5, 5.41) is 15.3. The first-order valence-corrected chi connectivity index (χ1v) is 22.6. The van der Waals surface area contributed by atoms with Crippen molar-refractivity contribution in [3.05, 3.63) is 95.7 Å². The average Bonchev–Trinajstić information content (AvgIpc) is 3.43. The molecule has 2 heterocycles. The van der Waals surface area contributed by atoms with Gasteiger partial charge in [0, 0.05) is 63.9 Å². The number of hydrogen-bond donors (Lipinski definition) is 0. The fraction of sp³-hybridized carbons (Fsp3) is 0.378. The standard InChI is InChI=1S/C37H44N2O12S4/c1-36(2)30-25-27(52-51-50-40)15-19-31(30)38(20-8-10-22-53(41,42)43)33(36)12-6-5-7-13-34-37(3,4)35-29-17-16-28(55(47,48)49)24-26(29)14-18-32(35)39(34)21-9-11-23-54(44,45)46/h5-7,12-19,24-25H,8-11,20-23H2,1-4H3,(H3-,40,41,42,43,44,45,46,47,48,49)/p-3. The minimum Gasteiger partial charge on any atom is -0.748 e. The highest BCUT2D eigenvalue weighted by Gasteiger charge is 2.45. The smallest absolute Gasteiger partial charge is 0.210 e. The van der Waals surface area contributed by atoms with Gasteiger partial charge in [-0.05, 0) is 91.9 Å². The van der Waals surface area contributed by atoms with Crippen molar-refractivity contribution in [1.29, 1.82) is 0 Å². The first kappa shape index (κ1) is 42.7. The minimum atomic E-state index is -4.67.